The van der Waals surface area contributed by atoms with Gasteiger partial charge in [-0.15, -0.1) is 0 Å². The number of aliphatic hydroxyl groups excluding tert-OH is 1. The first kappa shape index (κ1) is 23.0. The molecule has 10 heteroatoms. The molecule has 1 aliphatic rings. The summed E-state index contributed by atoms with van der Waals surface area (Å²) in [5.74, 6) is -3.26. The topological polar surface area (TPSA) is 106 Å². The highest BCUT2D eigenvalue weighted by atomic mass is 19.4. The zero-order valence-corrected chi connectivity index (χ0v) is 17.4. The number of carbonyl (C=O) groups excluding carboxylic acids is 2. The van der Waals surface area contributed by atoms with E-state index in [4.69, 9.17) is 5.41 Å². The number of allylic oxidation sites excluding steroid dienone is 1. The standard InChI is InChI=1S/C22H21F3N4O3/c1-12(26)19(20(31)22(23,24)25)21(32)28-10-13-7-16(11-27-9-13)14-3-5-17-15(8-14)4-6-18(30)29(17)2/h3,5,7-9,11,26,31H,4,6,10H2,1-2H3,(H,28,32)/b20-19+,26-12?. The molecule has 3 rings (SSSR count). The van der Waals surface area contributed by atoms with E-state index in [0.29, 0.717) is 18.4 Å². The zero-order valence-electron chi connectivity index (χ0n) is 17.4. The van der Waals surface area contributed by atoms with Gasteiger partial charge in [0.15, 0.2) is 0 Å². The molecule has 1 aromatic carbocycles. The minimum Gasteiger partial charge on any atom is -0.504 e. The fourth-order valence-electron chi connectivity index (χ4n) is 3.45. The largest absolute Gasteiger partial charge is 0.504 e. The molecule has 0 spiro atoms. The van der Waals surface area contributed by atoms with Gasteiger partial charge in [-0.2, -0.15) is 13.2 Å². The van der Waals surface area contributed by atoms with Crippen LogP contribution >= 0.6 is 0 Å². The van der Waals surface area contributed by atoms with Crippen LogP contribution in [0.15, 0.2) is 48.0 Å². The van der Waals surface area contributed by atoms with Crippen molar-refractivity contribution in [2.24, 2.45) is 0 Å². The molecular weight excluding hydrogens is 425 g/mol. The lowest BCUT2D eigenvalue weighted by molar-refractivity contribution is -0.127. The van der Waals surface area contributed by atoms with Crippen molar-refractivity contribution in [2.75, 3.05) is 11.9 Å². The Morgan fingerprint density at radius 3 is 2.59 bits per heavy atom. The number of nitrogens with zero attached hydrogens (tertiary/aromatic N) is 2. The Morgan fingerprint density at radius 1 is 1.22 bits per heavy atom. The van der Waals surface area contributed by atoms with E-state index in [1.54, 1.807) is 24.2 Å². The molecule has 2 amide bonds. The molecule has 0 fully saturated rings. The van der Waals surface area contributed by atoms with E-state index in [-0.39, 0.29) is 12.5 Å². The molecule has 168 valence electrons. The highest BCUT2D eigenvalue weighted by Gasteiger charge is 2.39. The van der Waals surface area contributed by atoms with Gasteiger partial charge in [-0.25, -0.2) is 0 Å². The van der Waals surface area contributed by atoms with E-state index < -0.39 is 29.1 Å². The zero-order chi connectivity index (χ0) is 23.6. The van der Waals surface area contributed by atoms with E-state index in [0.717, 1.165) is 29.3 Å². The van der Waals surface area contributed by atoms with Crippen molar-refractivity contribution in [3.05, 3.63) is 59.1 Å². The van der Waals surface area contributed by atoms with Gasteiger partial charge in [0.1, 0.15) is 5.57 Å². The summed E-state index contributed by atoms with van der Waals surface area (Å²) in [6.45, 7) is 0.837. The van der Waals surface area contributed by atoms with Crippen molar-refractivity contribution in [3.8, 4) is 11.1 Å². The number of amides is 2. The van der Waals surface area contributed by atoms with E-state index in [9.17, 15) is 27.9 Å². The number of carbonyl (C=O) groups is 2. The van der Waals surface area contributed by atoms with Crippen LogP contribution < -0.4 is 10.2 Å². The minimum atomic E-state index is -5.14. The van der Waals surface area contributed by atoms with E-state index in [1.165, 1.54) is 6.20 Å². The Hall–Kier alpha value is -3.69. The quantitative estimate of drug-likeness (QED) is 0.370. The Kier molecular flexibility index (Phi) is 6.33. The van der Waals surface area contributed by atoms with Gasteiger partial charge in [-0.3, -0.25) is 14.6 Å². The molecule has 0 atom stereocenters. The third-order valence-corrected chi connectivity index (χ3v) is 5.11. The second-order valence-electron chi connectivity index (χ2n) is 7.41. The first-order chi connectivity index (χ1) is 15.0. The summed E-state index contributed by atoms with van der Waals surface area (Å²) in [7, 11) is 1.72. The van der Waals surface area contributed by atoms with Gasteiger partial charge in [0.2, 0.25) is 11.7 Å². The number of fused-ring (bicyclic) bond motifs is 1. The summed E-state index contributed by atoms with van der Waals surface area (Å²) in [6, 6.07) is 7.38. The van der Waals surface area contributed by atoms with Crippen molar-refractivity contribution in [3.63, 3.8) is 0 Å². The number of alkyl halides is 3. The number of anilines is 1. The van der Waals surface area contributed by atoms with Gasteiger partial charge < -0.3 is 20.7 Å². The number of aromatic nitrogens is 1. The van der Waals surface area contributed by atoms with Gasteiger partial charge in [0.05, 0.1) is 0 Å². The number of rotatable bonds is 5. The number of aliphatic hydroxyl groups is 1. The molecule has 2 heterocycles. The molecule has 32 heavy (non-hydrogen) atoms. The lowest BCUT2D eigenvalue weighted by Gasteiger charge is -2.26. The average molecular weight is 446 g/mol. The molecule has 0 radical (unpaired) electrons. The SMILES string of the molecule is CC(=N)/C(C(=O)NCc1cncc(-c2ccc3c(c2)CCC(=O)N3C)c1)=C(\O)C(F)(F)F. The third kappa shape index (κ3) is 4.79. The van der Waals surface area contributed by atoms with Crippen LogP contribution in [0.2, 0.25) is 0 Å². The number of hydrogen-bond acceptors (Lipinski definition) is 5. The normalized spacial score (nSPS) is 14.5. The molecule has 1 aliphatic heterocycles. The summed E-state index contributed by atoms with van der Waals surface area (Å²) in [5.41, 5.74) is 2.12. The van der Waals surface area contributed by atoms with E-state index >= 15 is 0 Å². The number of nitrogens with one attached hydrogen (secondary N) is 2. The maximum Gasteiger partial charge on any atom is 0.449 e. The van der Waals surface area contributed by atoms with Crippen molar-refractivity contribution in [1.82, 2.24) is 10.3 Å². The molecular formula is C22H21F3N4O3. The van der Waals surface area contributed by atoms with Gasteiger partial charge in [0, 0.05) is 49.4 Å². The van der Waals surface area contributed by atoms with Crippen LogP contribution in [-0.2, 0) is 22.6 Å². The molecule has 2 aromatic rings. The number of pyridine rings is 1. The monoisotopic (exact) mass is 446 g/mol. The Bertz CT molecular complexity index is 1130. The van der Waals surface area contributed by atoms with Crippen LogP contribution in [0.5, 0.6) is 0 Å². The fourth-order valence-corrected chi connectivity index (χ4v) is 3.45. The van der Waals surface area contributed by atoms with Crippen LogP contribution in [0.3, 0.4) is 0 Å². The lowest BCUT2D eigenvalue weighted by Crippen LogP contribution is -2.31. The van der Waals surface area contributed by atoms with E-state index in [1.807, 2.05) is 18.2 Å². The first-order valence-corrected chi connectivity index (χ1v) is 9.67. The van der Waals surface area contributed by atoms with Crippen molar-refractivity contribution >= 4 is 23.2 Å². The van der Waals surface area contributed by atoms with Gasteiger partial charge in [-0.1, -0.05) is 6.07 Å². The maximum absolute atomic E-state index is 12.8. The van der Waals surface area contributed by atoms with Gasteiger partial charge in [0.25, 0.3) is 5.91 Å². The molecule has 0 bridgehead atoms. The summed E-state index contributed by atoms with van der Waals surface area (Å²) in [5, 5.41) is 19.0. The number of halogens is 3. The first-order valence-electron chi connectivity index (χ1n) is 9.67. The predicted molar refractivity (Wildman–Crippen MR) is 112 cm³/mol. The number of benzene rings is 1. The van der Waals surface area contributed by atoms with E-state index in [2.05, 4.69) is 10.3 Å². The Labute approximate surface area is 182 Å². The van der Waals surface area contributed by atoms with Crippen LogP contribution in [-0.4, -0.2) is 40.8 Å². The highest BCUT2D eigenvalue weighted by molar-refractivity contribution is 6.20. The lowest BCUT2D eigenvalue weighted by atomic mass is 9.96. The molecule has 0 aliphatic carbocycles. The molecule has 3 N–H and O–H groups in total. The van der Waals surface area contributed by atoms with Crippen molar-refractivity contribution < 1.29 is 27.9 Å². The highest BCUT2D eigenvalue weighted by Crippen LogP contribution is 2.31. The number of aryl methyl sites for hydroxylation is 1. The molecule has 7 nitrogen and oxygen atoms in total. The second-order valence-corrected chi connectivity index (χ2v) is 7.41. The predicted octanol–water partition coefficient (Wildman–Crippen LogP) is 3.69. The van der Waals surface area contributed by atoms with Crippen molar-refractivity contribution in [2.45, 2.75) is 32.5 Å². The average Bonchev–Trinajstić information content (AvgIpc) is 2.74. The minimum absolute atomic E-state index is 0.0507. The van der Waals surface area contributed by atoms with Gasteiger partial charge >= 0.3 is 6.18 Å². The van der Waals surface area contributed by atoms with Crippen LogP contribution in [0.25, 0.3) is 11.1 Å². The third-order valence-electron chi connectivity index (χ3n) is 5.11. The molecule has 1 aromatic heterocycles. The molecule has 0 unspecified atom stereocenters. The smallest absolute Gasteiger partial charge is 0.449 e. The van der Waals surface area contributed by atoms with Crippen LogP contribution in [0.1, 0.15) is 24.5 Å². The van der Waals surface area contributed by atoms with Crippen LogP contribution in [0, 0.1) is 5.41 Å². The number of hydrogen-bond donors (Lipinski definition) is 3. The van der Waals surface area contributed by atoms with Crippen LogP contribution in [0.4, 0.5) is 18.9 Å². The summed E-state index contributed by atoms with van der Waals surface area (Å²) >= 11 is 0. The summed E-state index contributed by atoms with van der Waals surface area (Å²) in [4.78, 5) is 29.8. The Balaban J connectivity index is 1.80. The maximum atomic E-state index is 12.8. The summed E-state index contributed by atoms with van der Waals surface area (Å²) in [6.07, 6.45) is -1.02. The molecule has 0 saturated carbocycles. The Morgan fingerprint density at radius 2 is 1.94 bits per heavy atom. The summed E-state index contributed by atoms with van der Waals surface area (Å²) < 4.78 is 38.3. The second kappa shape index (κ2) is 8.81. The molecule has 0 saturated heterocycles. The van der Waals surface area contributed by atoms with Gasteiger partial charge in [-0.05, 0) is 48.2 Å². The fraction of sp³-hybridized carbons (Fsp3) is 0.273. The van der Waals surface area contributed by atoms with Crippen molar-refractivity contribution in [1.29, 1.82) is 5.41 Å².